The van der Waals surface area contributed by atoms with E-state index < -0.39 is 0 Å². The van der Waals surface area contributed by atoms with Crippen LogP contribution in [0.2, 0.25) is 0 Å². The first-order chi connectivity index (χ1) is 18.3. The zero-order valence-corrected chi connectivity index (χ0v) is 22.0. The van der Waals surface area contributed by atoms with Crippen LogP contribution in [0, 0.1) is 5.41 Å². The van der Waals surface area contributed by atoms with Gasteiger partial charge in [-0.15, -0.1) is 0 Å². The van der Waals surface area contributed by atoms with Gasteiger partial charge < -0.3 is 26.0 Å². The fourth-order valence-corrected chi connectivity index (χ4v) is 4.18. The standard InChI is InChI=1S/C21H27N5O3.C7H8N2/c1-4-29-20(27)10-12-26(18-7-5-6-11-23-18)21(28)15-8-9-16-17(13-15)25(3)19(14-22)24(16)2;8-7(9)6-4-2-1-3-5-6/h5-9,11,13,19H,4,10,12,14,22H2,1-3H3;1-5H,(H3,8,9). The Balaban J connectivity index is 0.000000375. The van der Waals surface area contributed by atoms with E-state index >= 15 is 0 Å². The summed E-state index contributed by atoms with van der Waals surface area (Å²) in [6.07, 6.45) is 1.77. The van der Waals surface area contributed by atoms with Crippen LogP contribution in [-0.4, -0.2) is 62.7 Å². The Labute approximate surface area is 223 Å². The summed E-state index contributed by atoms with van der Waals surface area (Å²) in [6, 6.07) is 20.2. The summed E-state index contributed by atoms with van der Waals surface area (Å²) in [5.74, 6) is 0.0496. The average molecular weight is 518 g/mol. The molecule has 1 atom stereocenters. The minimum atomic E-state index is -0.345. The first-order valence-corrected chi connectivity index (χ1v) is 12.4. The lowest BCUT2D eigenvalue weighted by atomic mass is 10.1. The third-order valence-corrected chi connectivity index (χ3v) is 6.19. The van der Waals surface area contributed by atoms with Gasteiger partial charge in [0.1, 0.15) is 17.8 Å². The Morgan fingerprint density at radius 3 is 2.26 bits per heavy atom. The SMILES string of the molecule is CCOC(=O)CCN(C(=O)c1ccc2c(c1)N(C)C(CN)N2C)c1ccccn1.N=C(N)c1ccccc1. The van der Waals surface area contributed by atoms with Crippen LogP contribution in [0.1, 0.15) is 29.3 Å². The summed E-state index contributed by atoms with van der Waals surface area (Å²) >= 11 is 0. The van der Waals surface area contributed by atoms with Crippen molar-refractivity contribution in [3.05, 3.63) is 84.1 Å². The van der Waals surface area contributed by atoms with Crippen LogP contribution < -0.4 is 26.2 Å². The fraction of sp³-hybridized carbons (Fsp3) is 0.286. The maximum Gasteiger partial charge on any atom is 0.307 e. The number of carbonyl (C=O) groups excluding carboxylic acids is 2. The van der Waals surface area contributed by atoms with E-state index in [1.165, 1.54) is 4.90 Å². The number of benzene rings is 2. The average Bonchev–Trinajstić information content (AvgIpc) is 3.18. The molecule has 5 N–H and O–H groups in total. The minimum absolute atomic E-state index is 0.0473. The van der Waals surface area contributed by atoms with Crippen molar-refractivity contribution in [3.8, 4) is 0 Å². The maximum atomic E-state index is 13.3. The number of fused-ring (bicyclic) bond motifs is 1. The van der Waals surface area contributed by atoms with Gasteiger partial charge in [0.2, 0.25) is 0 Å². The summed E-state index contributed by atoms with van der Waals surface area (Å²) in [6.45, 7) is 2.73. The Bertz CT molecular complexity index is 1240. The second-order valence-electron chi connectivity index (χ2n) is 8.62. The lowest BCUT2D eigenvalue weighted by Crippen LogP contribution is -2.44. The first-order valence-electron chi connectivity index (χ1n) is 12.4. The quantitative estimate of drug-likeness (QED) is 0.235. The molecule has 0 bridgehead atoms. The molecule has 2 heterocycles. The minimum Gasteiger partial charge on any atom is -0.466 e. The van der Waals surface area contributed by atoms with E-state index in [1.807, 2.05) is 62.6 Å². The molecule has 200 valence electrons. The number of likely N-dealkylation sites (N-methyl/N-ethyl adjacent to an activating group) is 2. The number of amides is 1. The highest BCUT2D eigenvalue weighted by Gasteiger charge is 2.31. The number of esters is 1. The van der Waals surface area contributed by atoms with Crippen LogP contribution in [0.5, 0.6) is 0 Å². The van der Waals surface area contributed by atoms with Crippen molar-refractivity contribution >= 4 is 34.9 Å². The van der Waals surface area contributed by atoms with Crippen molar-refractivity contribution in [1.29, 1.82) is 5.41 Å². The number of hydrogen-bond acceptors (Lipinski definition) is 8. The van der Waals surface area contributed by atoms with Gasteiger partial charge in [0.05, 0.1) is 24.4 Å². The monoisotopic (exact) mass is 517 g/mol. The highest BCUT2D eigenvalue weighted by atomic mass is 16.5. The molecule has 0 spiro atoms. The third-order valence-electron chi connectivity index (χ3n) is 6.19. The Morgan fingerprint density at radius 2 is 1.68 bits per heavy atom. The maximum absolute atomic E-state index is 13.3. The largest absolute Gasteiger partial charge is 0.466 e. The van der Waals surface area contributed by atoms with Crippen LogP contribution in [0.15, 0.2) is 72.9 Å². The molecule has 1 aliphatic heterocycles. The second-order valence-corrected chi connectivity index (χ2v) is 8.62. The molecule has 1 unspecified atom stereocenters. The number of nitrogen functional groups attached to an aromatic ring is 1. The van der Waals surface area contributed by atoms with Crippen LogP contribution in [0.25, 0.3) is 0 Å². The predicted molar refractivity (Wildman–Crippen MR) is 151 cm³/mol. The van der Waals surface area contributed by atoms with Crippen molar-refractivity contribution in [2.24, 2.45) is 11.5 Å². The van der Waals surface area contributed by atoms with Crippen molar-refractivity contribution in [1.82, 2.24) is 4.98 Å². The van der Waals surface area contributed by atoms with Gasteiger partial charge >= 0.3 is 5.97 Å². The summed E-state index contributed by atoms with van der Waals surface area (Å²) in [4.78, 5) is 35.1. The molecule has 0 saturated heterocycles. The molecule has 0 radical (unpaired) electrons. The molecule has 10 nitrogen and oxygen atoms in total. The molecule has 1 amide bonds. The highest BCUT2D eigenvalue weighted by molar-refractivity contribution is 6.07. The number of nitrogens with one attached hydrogen (secondary N) is 1. The molecule has 0 fully saturated rings. The van der Waals surface area contributed by atoms with Crippen LogP contribution in [0.3, 0.4) is 0 Å². The zero-order chi connectivity index (χ0) is 27.7. The van der Waals surface area contributed by atoms with Crippen LogP contribution in [-0.2, 0) is 9.53 Å². The third kappa shape index (κ3) is 6.65. The highest BCUT2D eigenvalue weighted by Crippen LogP contribution is 2.38. The summed E-state index contributed by atoms with van der Waals surface area (Å²) in [7, 11) is 3.95. The second kappa shape index (κ2) is 13.2. The van der Waals surface area contributed by atoms with E-state index in [1.54, 1.807) is 31.3 Å². The van der Waals surface area contributed by atoms with Gasteiger partial charge in [0.25, 0.3) is 5.91 Å². The van der Waals surface area contributed by atoms with E-state index in [0.29, 0.717) is 24.5 Å². The van der Waals surface area contributed by atoms with E-state index in [4.69, 9.17) is 21.6 Å². The molecule has 2 aromatic carbocycles. The summed E-state index contributed by atoms with van der Waals surface area (Å²) in [5, 5.41) is 7.01. The lowest BCUT2D eigenvalue weighted by Gasteiger charge is -2.26. The van der Waals surface area contributed by atoms with E-state index in [-0.39, 0.29) is 36.8 Å². The molecule has 4 rings (SSSR count). The van der Waals surface area contributed by atoms with Gasteiger partial charge in [-0.2, -0.15) is 0 Å². The molecular weight excluding hydrogens is 482 g/mol. The number of rotatable bonds is 8. The fourth-order valence-electron chi connectivity index (χ4n) is 4.18. The van der Waals surface area contributed by atoms with Gasteiger partial charge in [-0.05, 0) is 37.3 Å². The van der Waals surface area contributed by atoms with E-state index in [2.05, 4.69) is 14.8 Å². The summed E-state index contributed by atoms with van der Waals surface area (Å²) in [5.41, 5.74) is 14.4. The Morgan fingerprint density at radius 1 is 1.00 bits per heavy atom. The molecule has 38 heavy (non-hydrogen) atoms. The van der Waals surface area contributed by atoms with Crippen molar-refractivity contribution in [2.45, 2.75) is 19.5 Å². The Kier molecular flexibility index (Phi) is 9.78. The smallest absolute Gasteiger partial charge is 0.307 e. The van der Waals surface area contributed by atoms with Crippen molar-refractivity contribution in [2.75, 3.05) is 48.5 Å². The van der Waals surface area contributed by atoms with Crippen molar-refractivity contribution < 1.29 is 14.3 Å². The van der Waals surface area contributed by atoms with Gasteiger partial charge in [-0.25, -0.2) is 4.98 Å². The topological polar surface area (TPSA) is 142 Å². The molecule has 3 aromatic rings. The van der Waals surface area contributed by atoms with Crippen molar-refractivity contribution in [3.63, 3.8) is 0 Å². The molecular formula is C28H35N7O3. The van der Waals surface area contributed by atoms with Gasteiger partial charge in [0.15, 0.2) is 0 Å². The Hall–Kier alpha value is -4.44. The normalized spacial score (nSPS) is 13.7. The lowest BCUT2D eigenvalue weighted by molar-refractivity contribution is -0.142. The number of aromatic nitrogens is 1. The number of hydrogen-bond donors (Lipinski definition) is 3. The predicted octanol–water partition coefficient (Wildman–Crippen LogP) is 2.82. The number of pyridine rings is 1. The number of nitrogens with zero attached hydrogens (tertiary/aromatic N) is 4. The van der Waals surface area contributed by atoms with Gasteiger partial charge in [-0.1, -0.05) is 36.4 Å². The van der Waals surface area contributed by atoms with Gasteiger partial charge in [0, 0.05) is 44.5 Å². The van der Waals surface area contributed by atoms with Gasteiger partial charge in [-0.3, -0.25) is 19.9 Å². The number of ether oxygens (including phenoxy) is 1. The number of carbonyl (C=O) groups is 2. The van der Waals surface area contributed by atoms with E-state index in [9.17, 15) is 9.59 Å². The number of anilines is 3. The van der Waals surface area contributed by atoms with Crippen LogP contribution >= 0.6 is 0 Å². The van der Waals surface area contributed by atoms with Crippen LogP contribution in [0.4, 0.5) is 17.2 Å². The molecule has 0 saturated carbocycles. The first kappa shape index (κ1) is 28.1. The number of amidine groups is 1. The molecule has 1 aliphatic rings. The zero-order valence-electron chi connectivity index (χ0n) is 22.0. The molecule has 0 aliphatic carbocycles. The number of nitrogens with two attached hydrogens (primary N) is 2. The molecule has 10 heteroatoms. The molecule has 1 aromatic heterocycles. The van der Waals surface area contributed by atoms with E-state index in [0.717, 1.165) is 16.9 Å². The summed E-state index contributed by atoms with van der Waals surface area (Å²) < 4.78 is 5.00.